The molecule has 0 aliphatic carbocycles. The van der Waals surface area contributed by atoms with Crippen molar-refractivity contribution in [1.82, 2.24) is 0 Å². The van der Waals surface area contributed by atoms with Gasteiger partial charge in [-0.05, 0) is 39.3 Å². The minimum Gasteiger partial charge on any atom is -0.197 e. The molecule has 0 aliphatic heterocycles. The third kappa shape index (κ3) is 3.30. The quantitative estimate of drug-likeness (QED) is 0.380. The minimum atomic E-state index is 0. The minimum absolute atomic E-state index is 0. The number of thiophene rings is 1. The summed E-state index contributed by atoms with van der Waals surface area (Å²) in [5.41, 5.74) is 6.40. The molecule has 3 aromatic carbocycles. The monoisotopic (exact) mass is 346 g/mol. The molecule has 0 atom stereocenters. The maximum atomic E-state index is 2.29. The second-order valence-corrected chi connectivity index (χ2v) is 6.39. The van der Waals surface area contributed by atoms with Crippen molar-refractivity contribution in [1.29, 1.82) is 0 Å². The Bertz CT molecular complexity index is 909. The summed E-state index contributed by atoms with van der Waals surface area (Å²) in [6.07, 6.45) is 0. The Morgan fingerprint density at radius 2 is 1.04 bits per heavy atom. The lowest BCUT2D eigenvalue weighted by atomic mass is 9.98. The first-order chi connectivity index (χ1) is 11.4. The summed E-state index contributed by atoms with van der Waals surface area (Å²) in [5, 5.41) is 2.24. The topological polar surface area (TPSA) is 0 Å². The summed E-state index contributed by atoms with van der Waals surface area (Å²) in [6.45, 7) is 0. The SMILES string of the molecule is S.c1ccc(-c2csc(-c3ccccc3-c3ccccc3)c2)cc1. The van der Waals surface area contributed by atoms with Gasteiger partial charge in [-0.3, -0.25) is 0 Å². The Balaban J connectivity index is 0.00000169. The fourth-order valence-electron chi connectivity index (χ4n) is 2.83. The molecule has 0 nitrogen and oxygen atoms in total. The van der Waals surface area contributed by atoms with Gasteiger partial charge >= 0.3 is 0 Å². The lowest BCUT2D eigenvalue weighted by molar-refractivity contribution is 1.61. The van der Waals surface area contributed by atoms with E-state index >= 15 is 0 Å². The van der Waals surface area contributed by atoms with E-state index in [9.17, 15) is 0 Å². The van der Waals surface area contributed by atoms with Crippen LogP contribution >= 0.6 is 24.8 Å². The van der Waals surface area contributed by atoms with Crippen molar-refractivity contribution in [2.75, 3.05) is 0 Å². The first-order valence-electron chi connectivity index (χ1n) is 7.70. The van der Waals surface area contributed by atoms with Crippen molar-refractivity contribution in [3.05, 3.63) is 96.4 Å². The van der Waals surface area contributed by atoms with Gasteiger partial charge in [-0.25, -0.2) is 0 Å². The molecule has 4 aromatic rings. The molecule has 0 N–H and O–H groups in total. The predicted octanol–water partition coefficient (Wildman–Crippen LogP) is 6.86. The number of hydrogen-bond donors (Lipinski definition) is 0. The van der Waals surface area contributed by atoms with Gasteiger partial charge < -0.3 is 0 Å². The lowest BCUT2D eigenvalue weighted by Gasteiger charge is -2.08. The van der Waals surface area contributed by atoms with Gasteiger partial charge in [-0.15, -0.1) is 11.3 Å². The third-order valence-electron chi connectivity index (χ3n) is 3.98. The zero-order valence-electron chi connectivity index (χ0n) is 13.1. The summed E-state index contributed by atoms with van der Waals surface area (Å²) in [4.78, 5) is 1.31. The highest BCUT2D eigenvalue weighted by molar-refractivity contribution is 7.59. The maximum absolute atomic E-state index is 2.29. The summed E-state index contributed by atoms with van der Waals surface area (Å²) in [5.74, 6) is 0. The molecule has 0 unspecified atom stereocenters. The van der Waals surface area contributed by atoms with E-state index in [-0.39, 0.29) is 13.5 Å². The molecule has 118 valence electrons. The Hall–Kier alpha value is -2.29. The van der Waals surface area contributed by atoms with Crippen molar-refractivity contribution in [2.24, 2.45) is 0 Å². The van der Waals surface area contributed by atoms with Crippen LogP contribution in [0, 0.1) is 0 Å². The highest BCUT2D eigenvalue weighted by Crippen LogP contribution is 2.37. The first-order valence-corrected chi connectivity index (χ1v) is 8.58. The fraction of sp³-hybridized carbons (Fsp3) is 0. The lowest BCUT2D eigenvalue weighted by Crippen LogP contribution is -1.82. The Kier molecular flexibility index (Phi) is 5.19. The van der Waals surface area contributed by atoms with Gasteiger partial charge in [0.05, 0.1) is 0 Å². The molecule has 0 aliphatic rings. The predicted molar refractivity (Wildman–Crippen MR) is 111 cm³/mol. The van der Waals surface area contributed by atoms with Crippen molar-refractivity contribution >= 4 is 24.8 Å². The Labute approximate surface area is 153 Å². The molecule has 0 amide bonds. The van der Waals surface area contributed by atoms with Crippen molar-refractivity contribution in [3.8, 4) is 32.7 Å². The summed E-state index contributed by atoms with van der Waals surface area (Å²) >= 11 is 1.81. The van der Waals surface area contributed by atoms with Crippen molar-refractivity contribution in [2.45, 2.75) is 0 Å². The van der Waals surface area contributed by atoms with E-state index in [4.69, 9.17) is 0 Å². The molecule has 0 spiro atoms. The van der Waals surface area contributed by atoms with Crippen molar-refractivity contribution in [3.63, 3.8) is 0 Å². The highest BCUT2D eigenvalue weighted by Gasteiger charge is 2.09. The standard InChI is InChI=1S/C22H16S.H2S/c1-3-9-17(10-4-1)19-15-22(23-16-19)21-14-8-7-13-20(21)18-11-5-2-6-12-18;/h1-16H;1H2. The van der Waals surface area contributed by atoms with Crippen LogP contribution in [0.2, 0.25) is 0 Å². The highest BCUT2D eigenvalue weighted by atomic mass is 32.1. The van der Waals surface area contributed by atoms with E-state index in [1.54, 1.807) is 11.3 Å². The van der Waals surface area contributed by atoms with Crippen molar-refractivity contribution < 1.29 is 0 Å². The van der Waals surface area contributed by atoms with E-state index < -0.39 is 0 Å². The molecular formula is C22H18S2. The molecule has 4 rings (SSSR count). The van der Waals surface area contributed by atoms with E-state index in [2.05, 4.69) is 96.4 Å². The summed E-state index contributed by atoms with van der Waals surface area (Å²) < 4.78 is 0. The van der Waals surface area contributed by atoms with Gasteiger partial charge in [-0.2, -0.15) is 13.5 Å². The molecule has 0 bridgehead atoms. The molecule has 2 heteroatoms. The molecule has 1 heterocycles. The van der Waals surface area contributed by atoms with Gasteiger partial charge in [0.2, 0.25) is 0 Å². The number of benzene rings is 3. The average Bonchev–Trinajstić information content (AvgIpc) is 3.13. The van der Waals surface area contributed by atoms with Crippen LogP contribution in [0.15, 0.2) is 96.4 Å². The Morgan fingerprint density at radius 3 is 1.71 bits per heavy atom. The van der Waals surface area contributed by atoms with Gasteiger partial charge in [0.15, 0.2) is 0 Å². The second-order valence-electron chi connectivity index (χ2n) is 5.48. The van der Waals surface area contributed by atoms with Crippen LogP contribution in [0.1, 0.15) is 0 Å². The normalized spacial score (nSPS) is 10.2. The van der Waals surface area contributed by atoms with Crippen LogP contribution in [0.3, 0.4) is 0 Å². The second kappa shape index (κ2) is 7.52. The molecule has 24 heavy (non-hydrogen) atoms. The number of hydrogen-bond acceptors (Lipinski definition) is 1. The van der Waals surface area contributed by atoms with Gasteiger partial charge in [0.25, 0.3) is 0 Å². The average molecular weight is 347 g/mol. The maximum Gasteiger partial charge on any atom is 0.0355 e. The van der Waals surface area contributed by atoms with Crippen LogP contribution in [0.4, 0.5) is 0 Å². The largest absolute Gasteiger partial charge is 0.197 e. The van der Waals surface area contributed by atoms with Gasteiger partial charge in [-0.1, -0.05) is 84.9 Å². The zero-order valence-corrected chi connectivity index (χ0v) is 15.0. The third-order valence-corrected chi connectivity index (χ3v) is 4.95. The van der Waals surface area contributed by atoms with Crippen LogP contribution < -0.4 is 0 Å². The molecule has 0 saturated heterocycles. The van der Waals surface area contributed by atoms with E-state index in [0.29, 0.717) is 0 Å². The smallest absolute Gasteiger partial charge is 0.0355 e. The molecule has 0 radical (unpaired) electrons. The molecule has 0 fully saturated rings. The molecular weight excluding hydrogens is 328 g/mol. The number of rotatable bonds is 3. The van der Waals surface area contributed by atoms with E-state index in [1.807, 2.05) is 0 Å². The van der Waals surface area contributed by atoms with E-state index in [1.165, 1.54) is 32.7 Å². The van der Waals surface area contributed by atoms with Crippen LogP contribution in [0.25, 0.3) is 32.7 Å². The van der Waals surface area contributed by atoms with Crippen LogP contribution in [-0.4, -0.2) is 0 Å². The van der Waals surface area contributed by atoms with Crippen LogP contribution in [-0.2, 0) is 0 Å². The van der Waals surface area contributed by atoms with Gasteiger partial charge in [0.1, 0.15) is 0 Å². The summed E-state index contributed by atoms with van der Waals surface area (Å²) in [7, 11) is 0. The van der Waals surface area contributed by atoms with Gasteiger partial charge in [0, 0.05) is 4.88 Å². The van der Waals surface area contributed by atoms with E-state index in [0.717, 1.165) is 0 Å². The Morgan fingerprint density at radius 1 is 0.500 bits per heavy atom. The zero-order chi connectivity index (χ0) is 15.5. The fourth-order valence-corrected chi connectivity index (χ4v) is 3.78. The molecule has 0 saturated carbocycles. The molecule has 1 aromatic heterocycles. The first kappa shape index (κ1) is 16.6. The summed E-state index contributed by atoms with van der Waals surface area (Å²) in [6, 6.07) is 32.1. The van der Waals surface area contributed by atoms with Crippen LogP contribution in [0.5, 0.6) is 0 Å².